The van der Waals surface area contributed by atoms with Gasteiger partial charge >= 0.3 is 0 Å². The second kappa shape index (κ2) is 5.77. The van der Waals surface area contributed by atoms with E-state index in [1.807, 2.05) is 4.90 Å². The van der Waals surface area contributed by atoms with Gasteiger partial charge in [0.1, 0.15) is 0 Å². The van der Waals surface area contributed by atoms with E-state index in [1.54, 1.807) is 6.92 Å². The van der Waals surface area contributed by atoms with E-state index < -0.39 is 5.92 Å². The number of carbonyl (C=O) groups excluding carboxylic acids is 1. The highest BCUT2D eigenvalue weighted by molar-refractivity contribution is 6.01. The Kier molecular flexibility index (Phi) is 4.29. The van der Waals surface area contributed by atoms with Crippen LogP contribution in [0.5, 0.6) is 0 Å². The Balaban J connectivity index is 1.99. The maximum absolute atomic E-state index is 12.3. The summed E-state index contributed by atoms with van der Waals surface area (Å²) in [6, 6.07) is 0.608. The lowest BCUT2D eigenvalue weighted by molar-refractivity contribution is -0.136. The average Bonchev–Trinajstić information content (AvgIpc) is 2.44. The van der Waals surface area contributed by atoms with E-state index in [0.717, 1.165) is 26.1 Å². The molecule has 0 spiro atoms. The molecule has 108 valence electrons. The molecule has 0 radical (unpaired) electrons. The Morgan fingerprint density at radius 3 is 2.84 bits per heavy atom. The van der Waals surface area contributed by atoms with Gasteiger partial charge in [0.05, 0.1) is 5.92 Å². The number of nitrogens with zero attached hydrogens (tertiary/aromatic N) is 3. The minimum Gasteiger partial charge on any atom is -0.409 e. The number of oxime groups is 1. The Morgan fingerprint density at radius 1 is 1.42 bits per heavy atom. The van der Waals surface area contributed by atoms with Crippen molar-refractivity contribution >= 4 is 11.7 Å². The van der Waals surface area contributed by atoms with Crippen molar-refractivity contribution in [3.8, 4) is 0 Å². The van der Waals surface area contributed by atoms with Gasteiger partial charge in [0, 0.05) is 19.1 Å². The Morgan fingerprint density at radius 2 is 2.16 bits per heavy atom. The van der Waals surface area contributed by atoms with Crippen LogP contribution >= 0.6 is 0 Å². The molecular formula is C13H24N4O2. The molecule has 2 saturated heterocycles. The van der Waals surface area contributed by atoms with Gasteiger partial charge < -0.3 is 20.7 Å². The predicted molar refractivity (Wildman–Crippen MR) is 72.9 cm³/mol. The zero-order valence-corrected chi connectivity index (χ0v) is 11.7. The van der Waals surface area contributed by atoms with Crippen molar-refractivity contribution in [3.63, 3.8) is 0 Å². The summed E-state index contributed by atoms with van der Waals surface area (Å²) in [6.45, 7) is 4.43. The van der Waals surface area contributed by atoms with E-state index in [1.165, 1.54) is 12.8 Å². The lowest BCUT2D eigenvalue weighted by atomic mass is 9.84. The number of likely N-dealkylation sites (tertiary alicyclic amines) is 2. The summed E-state index contributed by atoms with van der Waals surface area (Å²) in [5.74, 6) is -0.00586. The van der Waals surface area contributed by atoms with Crippen LogP contribution in [0.15, 0.2) is 5.16 Å². The van der Waals surface area contributed by atoms with Crippen molar-refractivity contribution in [2.24, 2.45) is 22.7 Å². The molecule has 3 N–H and O–H groups in total. The van der Waals surface area contributed by atoms with Crippen molar-refractivity contribution in [2.45, 2.75) is 32.2 Å². The summed E-state index contributed by atoms with van der Waals surface area (Å²) in [6.07, 6.45) is 3.42. The average molecular weight is 268 g/mol. The summed E-state index contributed by atoms with van der Waals surface area (Å²) >= 11 is 0. The number of carbonyl (C=O) groups is 1. The molecule has 3 unspecified atom stereocenters. The highest BCUT2D eigenvalue weighted by atomic mass is 16.4. The van der Waals surface area contributed by atoms with Crippen LogP contribution in [0.2, 0.25) is 0 Å². The number of amides is 1. The fourth-order valence-electron chi connectivity index (χ4n) is 3.34. The van der Waals surface area contributed by atoms with Crippen LogP contribution in [0.4, 0.5) is 0 Å². The first kappa shape index (κ1) is 14.1. The van der Waals surface area contributed by atoms with Gasteiger partial charge in [-0.3, -0.25) is 4.79 Å². The maximum Gasteiger partial charge on any atom is 0.233 e. The second-order valence-electron chi connectivity index (χ2n) is 5.77. The maximum atomic E-state index is 12.3. The molecule has 2 rings (SSSR count). The van der Waals surface area contributed by atoms with Gasteiger partial charge in [-0.25, -0.2) is 0 Å². The molecule has 2 aliphatic rings. The van der Waals surface area contributed by atoms with Gasteiger partial charge in [0.2, 0.25) is 5.91 Å². The monoisotopic (exact) mass is 268 g/mol. The molecule has 6 nitrogen and oxygen atoms in total. The number of hydrogen-bond donors (Lipinski definition) is 2. The normalized spacial score (nSPS) is 30.8. The highest BCUT2D eigenvalue weighted by Crippen LogP contribution is 2.30. The Hall–Kier alpha value is -1.30. The molecule has 0 saturated carbocycles. The minimum atomic E-state index is -0.539. The fraction of sp³-hybridized carbons (Fsp3) is 0.846. The number of piperidine rings is 2. The van der Waals surface area contributed by atoms with E-state index in [2.05, 4.69) is 17.1 Å². The van der Waals surface area contributed by atoms with E-state index in [4.69, 9.17) is 10.9 Å². The third kappa shape index (κ3) is 2.83. The summed E-state index contributed by atoms with van der Waals surface area (Å²) in [7, 11) is 2.17. The first-order valence-electron chi connectivity index (χ1n) is 7.01. The number of nitrogens with two attached hydrogens (primary N) is 1. The second-order valence-corrected chi connectivity index (χ2v) is 5.77. The van der Waals surface area contributed by atoms with Crippen molar-refractivity contribution in [2.75, 3.05) is 26.7 Å². The fourth-order valence-corrected chi connectivity index (χ4v) is 3.34. The first-order valence-corrected chi connectivity index (χ1v) is 7.01. The highest BCUT2D eigenvalue weighted by Gasteiger charge is 2.37. The lowest BCUT2D eigenvalue weighted by Gasteiger charge is -2.46. The minimum absolute atomic E-state index is 0.00659. The number of hydrogen-bond acceptors (Lipinski definition) is 4. The standard InChI is InChI=1S/C13H24N4O2/c1-9(12(14)15-19)13(18)17-7-5-11-10(8-17)4-3-6-16(11)2/h9-11,19H,3-8H2,1-2H3,(H2,14,15). The predicted octanol–water partition coefficient (Wildman–Crippen LogP) is 0.312. The van der Waals surface area contributed by atoms with Crippen LogP contribution in [0.25, 0.3) is 0 Å². The van der Waals surface area contributed by atoms with Crippen LogP contribution in [0, 0.1) is 11.8 Å². The van der Waals surface area contributed by atoms with Crippen molar-refractivity contribution in [1.29, 1.82) is 0 Å². The topological polar surface area (TPSA) is 82.2 Å². The third-order valence-corrected chi connectivity index (χ3v) is 4.59. The van der Waals surface area contributed by atoms with Gasteiger partial charge in [-0.05, 0) is 45.7 Å². The number of amidine groups is 1. The molecule has 2 fully saturated rings. The number of rotatable bonds is 2. The molecule has 2 aliphatic heterocycles. The van der Waals surface area contributed by atoms with E-state index in [0.29, 0.717) is 12.0 Å². The molecule has 0 bridgehead atoms. The van der Waals surface area contributed by atoms with E-state index in [-0.39, 0.29) is 11.7 Å². The molecule has 0 aromatic carbocycles. The SMILES string of the molecule is CC(C(=O)N1CCC2C(CCCN2C)C1)C(N)=NO. The molecule has 0 aromatic heterocycles. The lowest BCUT2D eigenvalue weighted by Crippen LogP contribution is -2.55. The van der Waals surface area contributed by atoms with Crippen LogP contribution < -0.4 is 5.73 Å². The molecule has 0 aliphatic carbocycles. The Labute approximate surface area is 114 Å². The molecule has 0 aromatic rings. The van der Waals surface area contributed by atoms with Crippen molar-refractivity contribution in [3.05, 3.63) is 0 Å². The summed E-state index contributed by atoms with van der Waals surface area (Å²) in [4.78, 5) is 16.6. The first-order chi connectivity index (χ1) is 9.04. The van der Waals surface area contributed by atoms with Gasteiger partial charge in [0.25, 0.3) is 0 Å². The van der Waals surface area contributed by atoms with Crippen LogP contribution in [0.1, 0.15) is 26.2 Å². The molecule has 3 atom stereocenters. The van der Waals surface area contributed by atoms with Gasteiger partial charge in [-0.15, -0.1) is 0 Å². The molecule has 6 heteroatoms. The molecule has 2 heterocycles. The zero-order valence-electron chi connectivity index (χ0n) is 11.7. The quantitative estimate of drug-likeness (QED) is 0.327. The summed E-state index contributed by atoms with van der Waals surface area (Å²) in [5.41, 5.74) is 5.52. The Bertz CT molecular complexity index is 372. The number of fused-ring (bicyclic) bond motifs is 1. The van der Waals surface area contributed by atoms with Crippen LogP contribution in [-0.2, 0) is 4.79 Å². The molecule has 1 amide bonds. The van der Waals surface area contributed by atoms with Crippen molar-refractivity contribution in [1.82, 2.24) is 9.80 Å². The molecular weight excluding hydrogens is 244 g/mol. The van der Waals surface area contributed by atoms with Crippen LogP contribution in [-0.4, -0.2) is 59.5 Å². The molecule has 19 heavy (non-hydrogen) atoms. The van der Waals surface area contributed by atoms with Crippen molar-refractivity contribution < 1.29 is 10.0 Å². The zero-order chi connectivity index (χ0) is 14.0. The largest absolute Gasteiger partial charge is 0.409 e. The summed E-state index contributed by atoms with van der Waals surface area (Å²) < 4.78 is 0. The van der Waals surface area contributed by atoms with Gasteiger partial charge in [-0.1, -0.05) is 5.16 Å². The third-order valence-electron chi connectivity index (χ3n) is 4.59. The van der Waals surface area contributed by atoms with Gasteiger partial charge in [0.15, 0.2) is 5.84 Å². The van der Waals surface area contributed by atoms with E-state index >= 15 is 0 Å². The van der Waals surface area contributed by atoms with Crippen LogP contribution in [0.3, 0.4) is 0 Å². The smallest absolute Gasteiger partial charge is 0.233 e. The van der Waals surface area contributed by atoms with Gasteiger partial charge in [-0.2, -0.15) is 0 Å². The van der Waals surface area contributed by atoms with E-state index in [9.17, 15) is 4.79 Å². The summed E-state index contributed by atoms with van der Waals surface area (Å²) in [5, 5.41) is 11.6.